The van der Waals surface area contributed by atoms with E-state index in [2.05, 4.69) is 5.32 Å². The number of nitrogens with two attached hydrogens (primary N) is 1. The Hall–Kier alpha value is -1.30. The van der Waals surface area contributed by atoms with Crippen LogP contribution in [-0.2, 0) is 9.53 Å². The maximum absolute atomic E-state index is 12.2. The van der Waals surface area contributed by atoms with E-state index in [0.29, 0.717) is 19.8 Å². The number of rotatable bonds is 5. The SMILES string of the molecule is CC1CC(C(=O)Nc2ccc(OCCN)cc2)CCO1.Cl. The molecule has 1 amide bonds. The molecule has 1 saturated heterocycles. The van der Waals surface area contributed by atoms with Gasteiger partial charge in [0.1, 0.15) is 12.4 Å². The number of carbonyl (C=O) groups excluding carboxylic acids is 1. The monoisotopic (exact) mass is 314 g/mol. The van der Waals surface area contributed by atoms with E-state index in [-0.39, 0.29) is 30.3 Å². The minimum Gasteiger partial charge on any atom is -0.492 e. The summed E-state index contributed by atoms with van der Waals surface area (Å²) in [7, 11) is 0. The number of carbonyl (C=O) groups is 1. The van der Waals surface area contributed by atoms with Crippen molar-refractivity contribution in [2.24, 2.45) is 11.7 Å². The molecule has 1 aromatic carbocycles. The lowest BCUT2D eigenvalue weighted by atomic mass is 9.95. The fourth-order valence-electron chi connectivity index (χ4n) is 2.29. The van der Waals surface area contributed by atoms with Crippen LogP contribution in [0.2, 0.25) is 0 Å². The molecule has 0 saturated carbocycles. The Bertz CT molecular complexity index is 439. The molecule has 2 atom stereocenters. The van der Waals surface area contributed by atoms with Gasteiger partial charge in [0, 0.05) is 24.8 Å². The maximum Gasteiger partial charge on any atom is 0.227 e. The van der Waals surface area contributed by atoms with E-state index in [1.807, 2.05) is 31.2 Å². The molecule has 3 N–H and O–H groups in total. The van der Waals surface area contributed by atoms with Crippen molar-refractivity contribution in [3.63, 3.8) is 0 Å². The fraction of sp³-hybridized carbons (Fsp3) is 0.533. The van der Waals surface area contributed by atoms with E-state index in [4.69, 9.17) is 15.2 Å². The summed E-state index contributed by atoms with van der Waals surface area (Å²) in [5.41, 5.74) is 6.16. The quantitative estimate of drug-likeness (QED) is 0.874. The zero-order valence-electron chi connectivity index (χ0n) is 12.2. The molecule has 1 aromatic rings. The van der Waals surface area contributed by atoms with Crippen LogP contribution >= 0.6 is 12.4 Å². The summed E-state index contributed by atoms with van der Waals surface area (Å²) >= 11 is 0. The Morgan fingerprint density at radius 2 is 2.14 bits per heavy atom. The summed E-state index contributed by atoms with van der Waals surface area (Å²) in [6, 6.07) is 7.34. The van der Waals surface area contributed by atoms with Crippen LogP contribution in [0.1, 0.15) is 19.8 Å². The molecule has 1 heterocycles. The Morgan fingerprint density at radius 1 is 1.43 bits per heavy atom. The van der Waals surface area contributed by atoms with E-state index >= 15 is 0 Å². The largest absolute Gasteiger partial charge is 0.492 e. The van der Waals surface area contributed by atoms with Crippen molar-refractivity contribution < 1.29 is 14.3 Å². The van der Waals surface area contributed by atoms with E-state index in [1.54, 1.807) is 0 Å². The summed E-state index contributed by atoms with van der Waals surface area (Å²) in [5, 5.41) is 2.94. The molecule has 0 aromatic heterocycles. The van der Waals surface area contributed by atoms with Gasteiger partial charge in [0.25, 0.3) is 0 Å². The highest BCUT2D eigenvalue weighted by Gasteiger charge is 2.25. The van der Waals surface area contributed by atoms with Crippen molar-refractivity contribution in [1.82, 2.24) is 0 Å². The first-order valence-electron chi connectivity index (χ1n) is 7.04. The fourth-order valence-corrected chi connectivity index (χ4v) is 2.29. The minimum atomic E-state index is 0. The zero-order valence-corrected chi connectivity index (χ0v) is 13.0. The van der Waals surface area contributed by atoms with E-state index < -0.39 is 0 Å². The van der Waals surface area contributed by atoms with Crippen LogP contribution in [0.3, 0.4) is 0 Å². The van der Waals surface area contributed by atoms with Gasteiger partial charge in [0.05, 0.1) is 6.10 Å². The molecule has 2 unspecified atom stereocenters. The van der Waals surface area contributed by atoms with Gasteiger partial charge in [-0.05, 0) is 44.0 Å². The third kappa shape index (κ3) is 5.53. The van der Waals surface area contributed by atoms with Crippen LogP contribution in [0.4, 0.5) is 5.69 Å². The second-order valence-electron chi connectivity index (χ2n) is 5.05. The predicted molar refractivity (Wildman–Crippen MR) is 85.0 cm³/mol. The van der Waals surface area contributed by atoms with Gasteiger partial charge < -0.3 is 20.5 Å². The van der Waals surface area contributed by atoms with Gasteiger partial charge in [0.15, 0.2) is 0 Å². The molecular weight excluding hydrogens is 292 g/mol. The third-order valence-electron chi connectivity index (χ3n) is 3.36. The van der Waals surface area contributed by atoms with E-state index in [0.717, 1.165) is 24.3 Å². The number of ether oxygens (including phenoxy) is 2. The van der Waals surface area contributed by atoms with Crippen molar-refractivity contribution in [2.75, 3.05) is 25.1 Å². The third-order valence-corrected chi connectivity index (χ3v) is 3.36. The molecule has 5 nitrogen and oxygen atoms in total. The predicted octanol–water partition coefficient (Wildman–Crippen LogP) is 2.20. The van der Waals surface area contributed by atoms with Crippen molar-refractivity contribution >= 4 is 24.0 Å². The number of halogens is 1. The van der Waals surface area contributed by atoms with Crippen molar-refractivity contribution in [1.29, 1.82) is 0 Å². The summed E-state index contributed by atoms with van der Waals surface area (Å²) in [4.78, 5) is 12.2. The van der Waals surface area contributed by atoms with Crippen molar-refractivity contribution in [3.05, 3.63) is 24.3 Å². The molecular formula is C15H23ClN2O3. The second-order valence-corrected chi connectivity index (χ2v) is 5.05. The lowest BCUT2D eigenvalue weighted by Crippen LogP contribution is -2.32. The lowest BCUT2D eigenvalue weighted by molar-refractivity contribution is -0.124. The highest BCUT2D eigenvalue weighted by Crippen LogP contribution is 2.22. The molecule has 0 bridgehead atoms. The van der Waals surface area contributed by atoms with E-state index in [1.165, 1.54) is 0 Å². The summed E-state index contributed by atoms with van der Waals surface area (Å²) < 4.78 is 10.8. The first-order valence-corrected chi connectivity index (χ1v) is 7.04. The van der Waals surface area contributed by atoms with Crippen LogP contribution in [0.5, 0.6) is 5.75 Å². The summed E-state index contributed by atoms with van der Waals surface area (Å²) in [6.07, 6.45) is 1.73. The number of amides is 1. The molecule has 1 aliphatic heterocycles. The summed E-state index contributed by atoms with van der Waals surface area (Å²) in [5.74, 6) is 0.857. The number of benzene rings is 1. The molecule has 1 fully saturated rings. The van der Waals surface area contributed by atoms with Crippen molar-refractivity contribution in [2.45, 2.75) is 25.9 Å². The van der Waals surface area contributed by atoms with Gasteiger partial charge in [0.2, 0.25) is 5.91 Å². The molecule has 6 heteroatoms. The molecule has 2 rings (SSSR count). The Kier molecular flexibility index (Phi) is 7.50. The van der Waals surface area contributed by atoms with Gasteiger partial charge in [-0.15, -0.1) is 12.4 Å². The Labute approximate surface area is 131 Å². The lowest BCUT2D eigenvalue weighted by Gasteiger charge is -2.26. The molecule has 0 spiro atoms. The van der Waals surface area contributed by atoms with Crippen LogP contribution in [0.25, 0.3) is 0 Å². The smallest absolute Gasteiger partial charge is 0.227 e. The number of anilines is 1. The average Bonchev–Trinajstić information content (AvgIpc) is 2.46. The highest BCUT2D eigenvalue weighted by molar-refractivity contribution is 5.92. The zero-order chi connectivity index (χ0) is 14.4. The number of nitrogens with one attached hydrogen (secondary N) is 1. The van der Waals surface area contributed by atoms with Crippen LogP contribution in [0, 0.1) is 5.92 Å². The van der Waals surface area contributed by atoms with Crippen LogP contribution in [-0.4, -0.2) is 31.8 Å². The Balaban J connectivity index is 0.00000220. The molecule has 1 aliphatic rings. The normalized spacial score (nSPS) is 21.2. The van der Waals surface area contributed by atoms with Crippen LogP contribution in [0.15, 0.2) is 24.3 Å². The van der Waals surface area contributed by atoms with E-state index in [9.17, 15) is 4.79 Å². The molecule has 0 radical (unpaired) electrons. The topological polar surface area (TPSA) is 73.6 Å². The van der Waals surface area contributed by atoms with Crippen LogP contribution < -0.4 is 15.8 Å². The Morgan fingerprint density at radius 3 is 2.76 bits per heavy atom. The average molecular weight is 315 g/mol. The highest BCUT2D eigenvalue weighted by atomic mass is 35.5. The van der Waals surface area contributed by atoms with Gasteiger partial charge in [-0.25, -0.2) is 0 Å². The number of hydrogen-bond acceptors (Lipinski definition) is 4. The molecule has 118 valence electrons. The number of hydrogen-bond donors (Lipinski definition) is 2. The first kappa shape index (κ1) is 17.8. The van der Waals surface area contributed by atoms with Gasteiger partial charge >= 0.3 is 0 Å². The standard InChI is InChI=1S/C15H22N2O3.ClH/c1-11-10-12(6-8-19-11)15(18)17-13-2-4-14(5-3-13)20-9-7-16;/h2-5,11-12H,6-10,16H2,1H3,(H,17,18);1H. The summed E-state index contributed by atoms with van der Waals surface area (Å²) in [6.45, 7) is 3.64. The molecule has 21 heavy (non-hydrogen) atoms. The van der Waals surface area contributed by atoms with Gasteiger partial charge in [-0.3, -0.25) is 4.79 Å². The molecule has 0 aliphatic carbocycles. The van der Waals surface area contributed by atoms with Gasteiger partial charge in [-0.1, -0.05) is 0 Å². The maximum atomic E-state index is 12.2. The van der Waals surface area contributed by atoms with Crippen molar-refractivity contribution in [3.8, 4) is 5.75 Å². The van der Waals surface area contributed by atoms with Gasteiger partial charge in [-0.2, -0.15) is 0 Å². The second kappa shape index (κ2) is 8.87. The minimum absolute atomic E-state index is 0. The first-order chi connectivity index (χ1) is 9.69.